The molecule has 1 aliphatic heterocycles. The van der Waals surface area contributed by atoms with Crippen molar-refractivity contribution >= 4 is 11.5 Å². The number of benzene rings is 1. The van der Waals surface area contributed by atoms with Gasteiger partial charge in [0.05, 0.1) is 12.1 Å². The minimum Gasteiger partial charge on any atom is -0.507 e. The standard InChI is InChI=1S/C12H16N2O2/c1-13-7-11(15)9-3-4-10-8(12(9)16)5-6-14(10)2/h3-4,13,16H,5-7H2,1-2H3. The Kier molecular flexibility index (Phi) is 2.83. The van der Waals surface area contributed by atoms with E-state index in [0.717, 1.165) is 24.2 Å². The molecule has 0 saturated carbocycles. The molecule has 4 nitrogen and oxygen atoms in total. The quantitative estimate of drug-likeness (QED) is 0.739. The number of carbonyl (C=O) groups excluding carboxylic acids is 1. The first-order chi connectivity index (χ1) is 7.65. The molecule has 2 rings (SSSR count). The SMILES string of the molecule is CNCC(=O)c1ccc2c(c1O)CCN2C. The minimum absolute atomic E-state index is 0.0719. The lowest BCUT2D eigenvalue weighted by Crippen LogP contribution is -2.18. The van der Waals surface area contributed by atoms with Gasteiger partial charge in [-0.25, -0.2) is 0 Å². The zero-order valence-corrected chi connectivity index (χ0v) is 9.58. The Labute approximate surface area is 94.9 Å². The first-order valence-corrected chi connectivity index (χ1v) is 5.39. The molecule has 1 aliphatic rings. The average Bonchev–Trinajstić information content (AvgIpc) is 2.62. The number of aromatic hydroxyl groups is 1. The number of fused-ring (bicyclic) bond motifs is 1. The molecule has 16 heavy (non-hydrogen) atoms. The van der Waals surface area contributed by atoms with Gasteiger partial charge in [0.25, 0.3) is 0 Å². The lowest BCUT2D eigenvalue weighted by molar-refractivity contribution is 0.0991. The smallest absolute Gasteiger partial charge is 0.180 e. The van der Waals surface area contributed by atoms with Crippen LogP contribution in [0.1, 0.15) is 15.9 Å². The zero-order chi connectivity index (χ0) is 11.7. The summed E-state index contributed by atoms with van der Waals surface area (Å²) in [5.74, 6) is 0.0828. The molecule has 0 atom stereocenters. The lowest BCUT2D eigenvalue weighted by atomic mass is 10.0. The molecule has 0 amide bonds. The molecule has 0 bridgehead atoms. The number of anilines is 1. The molecule has 0 aromatic heterocycles. The van der Waals surface area contributed by atoms with Gasteiger partial charge in [-0.3, -0.25) is 4.79 Å². The second-order valence-corrected chi connectivity index (χ2v) is 4.08. The van der Waals surface area contributed by atoms with Crippen LogP contribution in [-0.4, -0.2) is 38.1 Å². The Morgan fingerprint density at radius 2 is 2.31 bits per heavy atom. The van der Waals surface area contributed by atoms with Crippen molar-refractivity contribution in [1.29, 1.82) is 0 Å². The third-order valence-corrected chi connectivity index (χ3v) is 3.00. The minimum atomic E-state index is -0.0719. The summed E-state index contributed by atoms with van der Waals surface area (Å²) in [6, 6.07) is 3.61. The summed E-state index contributed by atoms with van der Waals surface area (Å²) in [5, 5.41) is 12.8. The van der Waals surface area contributed by atoms with E-state index in [1.165, 1.54) is 0 Å². The van der Waals surface area contributed by atoms with Crippen molar-refractivity contribution in [2.75, 3.05) is 32.1 Å². The van der Waals surface area contributed by atoms with Gasteiger partial charge in [-0.1, -0.05) is 0 Å². The number of phenols is 1. The van der Waals surface area contributed by atoms with Crippen molar-refractivity contribution in [2.45, 2.75) is 6.42 Å². The summed E-state index contributed by atoms with van der Waals surface area (Å²) in [6.07, 6.45) is 0.804. The van der Waals surface area contributed by atoms with Crippen molar-refractivity contribution in [3.63, 3.8) is 0 Å². The predicted octanol–water partition coefficient (Wildman–Crippen LogP) is 0.787. The molecule has 0 radical (unpaired) electrons. The Bertz CT molecular complexity index is 429. The van der Waals surface area contributed by atoms with Crippen LogP contribution in [0.15, 0.2) is 12.1 Å². The second-order valence-electron chi connectivity index (χ2n) is 4.08. The van der Waals surface area contributed by atoms with E-state index in [2.05, 4.69) is 10.2 Å². The normalized spacial score (nSPS) is 14.0. The summed E-state index contributed by atoms with van der Waals surface area (Å²) in [6.45, 7) is 1.15. The van der Waals surface area contributed by atoms with E-state index in [9.17, 15) is 9.90 Å². The summed E-state index contributed by atoms with van der Waals surface area (Å²) in [4.78, 5) is 13.8. The van der Waals surface area contributed by atoms with Crippen LogP contribution in [0.5, 0.6) is 5.75 Å². The van der Waals surface area contributed by atoms with E-state index in [4.69, 9.17) is 0 Å². The van der Waals surface area contributed by atoms with E-state index in [1.54, 1.807) is 13.1 Å². The Balaban J connectivity index is 2.40. The average molecular weight is 220 g/mol. The van der Waals surface area contributed by atoms with E-state index < -0.39 is 0 Å². The monoisotopic (exact) mass is 220 g/mol. The number of nitrogens with zero attached hydrogens (tertiary/aromatic N) is 1. The maximum Gasteiger partial charge on any atom is 0.180 e. The van der Waals surface area contributed by atoms with Gasteiger partial charge in [-0.05, 0) is 25.6 Å². The van der Waals surface area contributed by atoms with Crippen molar-refractivity contribution in [2.24, 2.45) is 0 Å². The summed E-state index contributed by atoms with van der Waals surface area (Å²) < 4.78 is 0. The molecular weight excluding hydrogens is 204 g/mol. The van der Waals surface area contributed by atoms with Gasteiger partial charge in [0.1, 0.15) is 5.75 Å². The third-order valence-electron chi connectivity index (χ3n) is 3.00. The summed E-state index contributed by atoms with van der Waals surface area (Å²) in [7, 11) is 3.70. The van der Waals surface area contributed by atoms with Crippen LogP contribution in [0.3, 0.4) is 0 Å². The molecule has 0 aliphatic carbocycles. The first kappa shape index (κ1) is 11.0. The fourth-order valence-electron chi connectivity index (χ4n) is 2.11. The molecular formula is C12H16N2O2. The Morgan fingerprint density at radius 1 is 1.56 bits per heavy atom. The van der Waals surface area contributed by atoms with Crippen molar-refractivity contribution in [1.82, 2.24) is 5.32 Å². The highest BCUT2D eigenvalue weighted by atomic mass is 16.3. The van der Waals surface area contributed by atoms with Gasteiger partial charge in [0.2, 0.25) is 0 Å². The van der Waals surface area contributed by atoms with Crippen LogP contribution in [0.4, 0.5) is 5.69 Å². The van der Waals surface area contributed by atoms with E-state index in [1.807, 2.05) is 13.1 Å². The number of hydrogen-bond acceptors (Lipinski definition) is 4. The highest BCUT2D eigenvalue weighted by Gasteiger charge is 2.23. The van der Waals surface area contributed by atoms with Crippen molar-refractivity contribution in [3.8, 4) is 5.75 Å². The van der Waals surface area contributed by atoms with E-state index in [0.29, 0.717) is 5.56 Å². The van der Waals surface area contributed by atoms with Crippen LogP contribution in [0, 0.1) is 0 Å². The van der Waals surface area contributed by atoms with Gasteiger partial charge in [-0.2, -0.15) is 0 Å². The molecule has 1 aromatic rings. The number of carbonyl (C=O) groups is 1. The number of Topliss-reactive ketones (excluding diaryl/α,β-unsaturated/α-hetero) is 1. The highest BCUT2D eigenvalue weighted by molar-refractivity contribution is 6.01. The van der Waals surface area contributed by atoms with Gasteiger partial charge >= 0.3 is 0 Å². The first-order valence-electron chi connectivity index (χ1n) is 5.39. The molecule has 0 unspecified atom stereocenters. The van der Waals surface area contributed by atoms with E-state index >= 15 is 0 Å². The zero-order valence-electron chi connectivity index (χ0n) is 9.58. The number of rotatable bonds is 3. The number of likely N-dealkylation sites (N-methyl/N-ethyl adjacent to an activating group) is 2. The van der Waals surface area contributed by atoms with Gasteiger partial charge in [0, 0.05) is 24.8 Å². The molecule has 1 aromatic carbocycles. The molecule has 4 heteroatoms. The van der Waals surface area contributed by atoms with Crippen molar-refractivity contribution in [3.05, 3.63) is 23.3 Å². The Morgan fingerprint density at radius 3 is 3.00 bits per heavy atom. The van der Waals surface area contributed by atoms with Gasteiger partial charge in [0.15, 0.2) is 5.78 Å². The molecule has 0 saturated heterocycles. The number of hydrogen-bond donors (Lipinski definition) is 2. The van der Waals surface area contributed by atoms with Gasteiger partial charge < -0.3 is 15.3 Å². The fourth-order valence-corrected chi connectivity index (χ4v) is 2.11. The van der Waals surface area contributed by atoms with Crippen LogP contribution in [-0.2, 0) is 6.42 Å². The topological polar surface area (TPSA) is 52.6 Å². The maximum atomic E-state index is 11.7. The Hall–Kier alpha value is -1.55. The predicted molar refractivity (Wildman–Crippen MR) is 63.3 cm³/mol. The highest BCUT2D eigenvalue weighted by Crippen LogP contribution is 2.36. The fraction of sp³-hybridized carbons (Fsp3) is 0.417. The maximum absolute atomic E-state index is 11.7. The molecule has 2 N–H and O–H groups in total. The van der Waals surface area contributed by atoms with Crippen molar-refractivity contribution < 1.29 is 9.90 Å². The largest absolute Gasteiger partial charge is 0.507 e. The summed E-state index contributed by atoms with van der Waals surface area (Å²) in [5.41, 5.74) is 2.34. The van der Waals surface area contributed by atoms with Crippen LogP contribution in [0.2, 0.25) is 0 Å². The molecule has 0 spiro atoms. The lowest BCUT2D eigenvalue weighted by Gasteiger charge is -2.13. The summed E-state index contributed by atoms with van der Waals surface area (Å²) >= 11 is 0. The van der Waals surface area contributed by atoms with Crippen LogP contribution < -0.4 is 10.2 Å². The van der Waals surface area contributed by atoms with E-state index in [-0.39, 0.29) is 18.1 Å². The van der Waals surface area contributed by atoms with Gasteiger partial charge in [-0.15, -0.1) is 0 Å². The second kappa shape index (κ2) is 4.14. The van der Waals surface area contributed by atoms with Crippen LogP contribution >= 0.6 is 0 Å². The number of phenolic OH excluding ortho intramolecular Hbond substituents is 1. The molecule has 0 fully saturated rings. The molecule has 86 valence electrons. The van der Waals surface area contributed by atoms with Crippen LogP contribution in [0.25, 0.3) is 0 Å². The molecule has 1 heterocycles. The third kappa shape index (κ3) is 1.65. The number of nitrogens with one attached hydrogen (secondary N) is 1. The number of ketones is 1.